The van der Waals surface area contributed by atoms with E-state index in [1.54, 1.807) is 47.7 Å². The molecule has 2 aliphatic heterocycles. The Morgan fingerprint density at radius 1 is 1.02 bits per heavy atom. The number of hydrazine groups is 1. The summed E-state index contributed by atoms with van der Waals surface area (Å²) in [5.41, 5.74) is 5.21. The second-order valence-electron chi connectivity index (χ2n) is 12.4. The van der Waals surface area contributed by atoms with Gasteiger partial charge in [-0.2, -0.15) is 0 Å². The van der Waals surface area contributed by atoms with Crippen molar-refractivity contribution in [3.8, 4) is 0 Å². The van der Waals surface area contributed by atoms with Gasteiger partial charge in [-0.1, -0.05) is 79.7 Å². The average molecular weight is 661 g/mol. The number of amides is 1. The van der Waals surface area contributed by atoms with Crippen molar-refractivity contribution in [3.63, 3.8) is 0 Å². The molecule has 1 aromatic heterocycles. The van der Waals surface area contributed by atoms with Gasteiger partial charge in [-0.3, -0.25) is 24.8 Å². The predicted molar refractivity (Wildman–Crippen MR) is 186 cm³/mol. The third-order valence-corrected chi connectivity index (χ3v) is 9.99. The first-order chi connectivity index (χ1) is 23.8. The standard InChI is InChI=1S/C39H40N4O6/c1-4-36(40-22-20-39(21-23-40,31-11-7-5-8-12-31)32-13-9-6-10-14-32)41(27-44)42-28(2)37(38(45)48-3)34(25-35(42)30-19-24-49-26-30)29-15-17-33(18-16-29)43(46)47/h5-19,24-27,34,36H,4,20-23H2,1-3H3. The van der Waals surface area contributed by atoms with Gasteiger partial charge in [-0.25, -0.2) is 9.80 Å². The molecule has 49 heavy (non-hydrogen) atoms. The first-order valence-corrected chi connectivity index (χ1v) is 16.5. The maximum Gasteiger partial charge on any atom is 0.336 e. The molecule has 0 radical (unpaired) electrons. The third kappa shape index (κ3) is 6.27. The van der Waals surface area contributed by atoms with Crippen molar-refractivity contribution in [1.29, 1.82) is 0 Å². The summed E-state index contributed by atoms with van der Waals surface area (Å²) >= 11 is 0. The number of ether oxygens (including phenoxy) is 1. The zero-order valence-electron chi connectivity index (χ0n) is 27.9. The van der Waals surface area contributed by atoms with Gasteiger partial charge < -0.3 is 9.15 Å². The van der Waals surface area contributed by atoms with Crippen LogP contribution in [0.4, 0.5) is 5.69 Å². The first kappa shape index (κ1) is 33.4. The number of hydrogen-bond acceptors (Lipinski definition) is 8. The van der Waals surface area contributed by atoms with E-state index in [0.717, 1.165) is 32.3 Å². The molecule has 0 bridgehead atoms. The minimum absolute atomic E-state index is 0.0523. The summed E-state index contributed by atoms with van der Waals surface area (Å²) < 4.78 is 10.8. The second kappa shape index (κ2) is 14.3. The molecular formula is C39H40N4O6. The molecule has 0 N–H and O–H groups in total. The quantitative estimate of drug-likeness (QED) is 0.0716. The molecule has 1 amide bonds. The van der Waals surface area contributed by atoms with Gasteiger partial charge in [0.1, 0.15) is 6.17 Å². The number of piperidine rings is 1. The summed E-state index contributed by atoms with van der Waals surface area (Å²) in [7, 11) is 1.32. The minimum atomic E-state index is -0.602. The number of hydrogen-bond donors (Lipinski definition) is 0. The van der Waals surface area contributed by atoms with Gasteiger partial charge in [-0.15, -0.1) is 0 Å². The Morgan fingerprint density at radius 3 is 2.12 bits per heavy atom. The third-order valence-electron chi connectivity index (χ3n) is 9.99. The molecule has 10 heteroatoms. The second-order valence-corrected chi connectivity index (χ2v) is 12.4. The number of methoxy groups -OCH3 is 1. The van der Waals surface area contributed by atoms with E-state index in [1.807, 2.05) is 18.2 Å². The lowest BCUT2D eigenvalue weighted by Gasteiger charge is -2.50. The Morgan fingerprint density at radius 2 is 1.63 bits per heavy atom. The highest BCUT2D eigenvalue weighted by Crippen LogP contribution is 2.45. The average Bonchev–Trinajstić information content (AvgIpc) is 3.69. The summed E-state index contributed by atoms with van der Waals surface area (Å²) in [6.45, 7) is 5.34. The highest BCUT2D eigenvalue weighted by molar-refractivity contribution is 5.93. The number of carbonyl (C=O) groups excluding carboxylic acids is 2. The van der Waals surface area contributed by atoms with Crippen LogP contribution in [0.2, 0.25) is 0 Å². The van der Waals surface area contributed by atoms with Crippen molar-refractivity contribution in [1.82, 2.24) is 14.9 Å². The van der Waals surface area contributed by atoms with Gasteiger partial charge in [0, 0.05) is 47.8 Å². The Kier molecular flexibility index (Phi) is 9.77. The van der Waals surface area contributed by atoms with Crippen molar-refractivity contribution in [2.75, 3.05) is 20.2 Å². The number of benzene rings is 3. The van der Waals surface area contributed by atoms with E-state index in [1.165, 1.54) is 30.4 Å². The van der Waals surface area contributed by atoms with Gasteiger partial charge in [0.25, 0.3) is 5.69 Å². The number of furan rings is 1. The lowest BCUT2D eigenvalue weighted by molar-refractivity contribution is -0.384. The van der Waals surface area contributed by atoms with Crippen molar-refractivity contribution in [2.45, 2.75) is 50.6 Å². The van der Waals surface area contributed by atoms with E-state index >= 15 is 0 Å². The van der Waals surface area contributed by atoms with Crippen LogP contribution in [0.3, 0.4) is 0 Å². The number of nitro groups is 1. The smallest absolute Gasteiger partial charge is 0.336 e. The van der Waals surface area contributed by atoms with Crippen LogP contribution in [0.15, 0.2) is 125 Å². The molecule has 2 aliphatic rings. The lowest BCUT2D eigenvalue weighted by atomic mass is 9.68. The molecule has 2 atom stereocenters. The number of allylic oxidation sites excluding steroid dienone is 2. The zero-order chi connectivity index (χ0) is 34.5. The van der Waals surface area contributed by atoms with Crippen LogP contribution < -0.4 is 0 Å². The van der Waals surface area contributed by atoms with Crippen LogP contribution in [0.1, 0.15) is 61.3 Å². The summed E-state index contributed by atoms with van der Waals surface area (Å²) in [5, 5.41) is 14.8. The summed E-state index contributed by atoms with van der Waals surface area (Å²) in [5.74, 6) is -1.16. The highest BCUT2D eigenvalue weighted by atomic mass is 16.6. The van der Waals surface area contributed by atoms with Crippen molar-refractivity contribution in [3.05, 3.63) is 153 Å². The highest BCUT2D eigenvalue weighted by Gasteiger charge is 2.43. The fourth-order valence-electron chi connectivity index (χ4n) is 7.53. The zero-order valence-corrected chi connectivity index (χ0v) is 27.9. The SMILES string of the molecule is CCC(N1CCC(c2ccccc2)(c2ccccc2)CC1)N(C=O)N1C(c2ccoc2)=CC(c2ccc([N+](=O)[O-])cc2)C(C(=O)OC)=C1C. The molecule has 3 aromatic carbocycles. The number of nitrogens with zero attached hydrogens (tertiary/aromatic N) is 4. The Labute approximate surface area is 286 Å². The molecular weight excluding hydrogens is 620 g/mol. The number of likely N-dealkylation sites (tertiary alicyclic amines) is 1. The van der Waals surface area contributed by atoms with Crippen LogP contribution in [0, 0.1) is 10.1 Å². The van der Waals surface area contributed by atoms with Gasteiger partial charge in [0.2, 0.25) is 6.41 Å². The lowest BCUT2D eigenvalue weighted by Crippen LogP contribution is -2.57. The first-order valence-electron chi connectivity index (χ1n) is 16.5. The number of non-ortho nitro benzene ring substituents is 1. The topological polar surface area (TPSA) is 109 Å². The van der Waals surface area contributed by atoms with E-state index in [4.69, 9.17) is 9.15 Å². The molecule has 3 heterocycles. The monoisotopic (exact) mass is 660 g/mol. The molecule has 252 valence electrons. The molecule has 0 saturated carbocycles. The Balaban J connectivity index is 1.38. The fraction of sp³-hybridized carbons (Fsp3) is 0.282. The molecule has 6 rings (SSSR count). The summed E-state index contributed by atoms with van der Waals surface area (Å²) in [6, 6.07) is 29.2. The fourth-order valence-corrected chi connectivity index (χ4v) is 7.53. The van der Waals surface area contributed by atoms with Crippen LogP contribution in [0.25, 0.3) is 5.70 Å². The summed E-state index contributed by atoms with van der Waals surface area (Å²) in [4.78, 5) is 40.0. The Bertz CT molecular complexity index is 1790. The Hall–Kier alpha value is -5.48. The van der Waals surface area contributed by atoms with Crippen molar-refractivity contribution < 1.29 is 23.7 Å². The van der Waals surface area contributed by atoms with Crippen LogP contribution >= 0.6 is 0 Å². The number of carbonyl (C=O) groups is 2. The molecule has 2 unspecified atom stereocenters. The molecule has 4 aromatic rings. The van der Waals surface area contributed by atoms with Gasteiger partial charge in [-0.05, 0) is 55.0 Å². The van der Waals surface area contributed by atoms with E-state index in [2.05, 4.69) is 60.4 Å². The molecule has 1 saturated heterocycles. The number of rotatable bonds is 11. The van der Waals surface area contributed by atoms with Gasteiger partial charge >= 0.3 is 5.97 Å². The predicted octanol–water partition coefficient (Wildman–Crippen LogP) is 7.27. The van der Waals surface area contributed by atoms with Gasteiger partial charge in [0.05, 0.1) is 35.8 Å². The van der Waals surface area contributed by atoms with Crippen LogP contribution in [-0.4, -0.2) is 58.6 Å². The van der Waals surface area contributed by atoms with Crippen molar-refractivity contribution in [2.24, 2.45) is 0 Å². The van der Waals surface area contributed by atoms with E-state index in [9.17, 15) is 19.7 Å². The normalized spacial score (nSPS) is 18.4. The maximum atomic E-state index is 13.5. The number of nitro benzene ring substituents is 1. The minimum Gasteiger partial charge on any atom is -0.472 e. The van der Waals surface area contributed by atoms with Crippen LogP contribution in [-0.2, 0) is 19.7 Å². The van der Waals surface area contributed by atoms with E-state index < -0.39 is 16.8 Å². The molecule has 1 fully saturated rings. The maximum absolute atomic E-state index is 13.5. The largest absolute Gasteiger partial charge is 0.472 e. The van der Waals surface area contributed by atoms with E-state index in [-0.39, 0.29) is 17.3 Å². The molecule has 10 nitrogen and oxygen atoms in total. The van der Waals surface area contributed by atoms with Crippen molar-refractivity contribution >= 4 is 23.8 Å². The summed E-state index contributed by atoms with van der Waals surface area (Å²) in [6.07, 6.45) is 7.89. The van der Waals surface area contributed by atoms with Gasteiger partial charge in [0.15, 0.2) is 0 Å². The molecule has 0 aliphatic carbocycles. The van der Waals surface area contributed by atoms with E-state index in [0.29, 0.717) is 34.5 Å². The number of esters is 1. The van der Waals surface area contributed by atoms with Crippen LogP contribution in [0.5, 0.6) is 0 Å². The molecule has 0 spiro atoms.